The van der Waals surface area contributed by atoms with Gasteiger partial charge in [0.15, 0.2) is 0 Å². The second-order valence-electron chi connectivity index (χ2n) is 5.80. The first kappa shape index (κ1) is 14.1. The summed E-state index contributed by atoms with van der Waals surface area (Å²) in [6.45, 7) is 4.44. The Morgan fingerprint density at radius 3 is 2.57 bits per heavy atom. The summed E-state index contributed by atoms with van der Waals surface area (Å²) in [5, 5.41) is 2.45. The minimum absolute atomic E-state index is 0.898. The van der Waals surface area contributed by atoms with Crippen LogP contribution >= 0.6 is 0 Å². The van der Waals surface area contributed by atoms with E-state index >= 15 is 0 Å². The lowest BCUT2D eigenvalue weighted by molar-refractivity contribution is 0.415. The first-order valence-corrected chi connectivity index (χ1v) is 8.17. The largest absolute Gasteiger partial charge is 0.497 e. The second kappa shape index (κ2) is 5.27. The van der Waals surface area contributed by atoms with Gasteiger partial charge in [-0.1, -0.05) is 26.0 Å². The van der Waals surface area contributed by atoms with Crippen molar-refractivity contribution in [1.29, 1.82) is 0 Å². The van der Waals surface area contributed by atoms with Crippen LogP contribution in [0.2, 0.25) is 0 Å². The smallest absolute Gasteiger partial charge is 0.146 e. The van der Waals surface area contributed by atoms with Crippen molar-refractivity contribution >= 4 is 27.5 Å². The number of hydrogen-bond donors (Lipinski definition) is 0. The molecule has 0 aliphatic heterocycles. The van der Waals surface area contributed by atoms with E-state index in [4.69, 9.17) is 9.72 Å². The number of rotatable bonds is 3. The number of hydrogen-bond acceptors (Lipinski definition) is 2. The van der Waals surface area contributed by atoms with Gasteiger partial charge in [0.25, 0.3) is 0 Å². The molecule has 0 aliphatic carbocycles. The topological polar surface area (TPSA) is 26.5 Å². The fourth-order valence-corrected chi connectivity index (χ4v) is 3.63. The molecular formula is C20H20N2O. The third-order valence-electron chi connectivity index (χ3n) is 4.66. The van der Waals surface area contributed by atoms with Crippen molar-refractivity contribution in [3.63, 3.8) is 0 Å². The van der Waals surface area contributed by atoms with Crippen molar-refractivity contribution < 1.29 is 4.74 Å². The predicted octanol–water partition coefficient (Wildman–Crippen LogP) is 4.77. The summed E-state index contributed by atoms with van der Waals surface area (Å²) < 4.78 is 7.78. The Labute approximate surface area is 135 Å². The van der Waals surface area contributed by atoms with Gasteiger partial charge in [0.1, 0.15) is 11.4 Å². The third-order valence-corrected chi connectivity index (χ3v) is 4.66. The minimum atomic E-state index is 0.898. The van der Waals surface area contributed by atoms with Crippen LogP contribution in [0.4, 0.5) is 0 Å². The van der Waals surface area contributed by atoms with Gasteiger partial charge < -0.3 is 4.74 Å². The second-order valence-corrected chi connectivity index (χ2v) is 5.80. The first-order chi connectivity index (χ1) is 11.3. The van der Waals surface area contributed by atoms with Crippen LogP contribution in [-0.4, -0.2) is 16.5 Å². The molecule has 4 aromatic rings. The number of imidazole rings is 1. The van der Waals surface area contributed by atoms with Gasteiger partial charge in [-0.2, -0.15) is 0 Å². The van der Waals surface area contributed by atoms with E-state index in [1.165, 1.54) is 27.5 Å². The van der Waals surface area contributed by atoms with Gasteiger partial charge in [0.05, 0.1) is 18.1 Å². The summed E-state index contributed by atoms with van der Waals surface area (Å²) in [4.78, 5) is 4.90. The van der Waals surface area contributed by atoms with Crippen molar-refractivity contribution in [2.24, 2.45) is 0 Å². The summed E-state index contributed by atoms with van der Waals surface area (Å²) in [5.41, 5.74) is 6.01. The summed E-state index contributed by atoms with van der Waals surface area (Å²) in [6, 6.07) is 14.7. The maximum Gasteiger partial charge on any atom is 0.146 e. The van der Waals surface area contributed by atoms with Crippen LogP contribution in [0, 0.1) is 0 Å². The van der Waals surface area contributed by atoms with Crippen LogP contribution < -0.4 is 4.74 Å². The first-order valence-electron chi connectivity index (χ1n) is 8.17. The molecule has 0 atom stereocenters. The van der Waals surface area contributed by atoms with Gasteiger partial charge in [-0.3, -0.25) is 4.40 Å². The Balaban J connectivity index is 2.29. The maximum absolute atomic E-state index is 5.44. The number of aryl methyl sites for hydroxylation is 2. The van der Waals surface area contributed by atoms with Gasteiger partial charge in [-0.15, -0.1) is 0 Å². The molecule has 0 radical (unpaired) electrons. The van der Waals surface area contributed by atoms with Gasteiger partial charge in [-0.05, 0) is 54.1 Å². The Hall–Kier alpha value is -2.55. The van der Waals surface area contributed by atoms with Gasteiger partial charge in [0, 0.05) is 11.1 Å². The highest BCUT2D eigenvalue weighted by atomic mass is 16.5. The molecule has 0 N–H and O–H groups in total. The highest BCUT2D eigenvalue weighted by Gasteiger charge is 2.16. The van der Waals surface area contributed by atoms with Gasteiger partial charge in [-0.25, -0.2) is 4.98 Å². The van der Waals surface area contributed by atoms with Crippen LogP contribution in [0.15, 0.2) is 42.5 Å². The van der Waals surface area contributed by atoms with Crippen LogP contribution in [0.5, 0.6) is 5.75 Å². The molecule has 0 saturated carbocycles. The van der Waals surface area contributed by atoms with E-state index in [9.17, 15) is 0 Å². The lowest BCUT2D eigenvalue weighted by Crippen LogP contribution is -2.03. The summed E-state index contributed by atoms with van der Waals surface area (Å²) in [6.07, 6.45) is 1.97. The molecule has 23 heavy (non-hydrogen) atoms. The van der Waals surface area contributed by atoms with Crippen molar-refractivity contribution in [1.82, 2.24) is 9.38 Å². The van der Waals surface area contributed by atoms with E-state index in [2.05, 4.69) is 48.6 Å². The molecule has 2 heterocycles. The maximum atomic E-state index is 5.44. The van der Waals surface area contributed by atoms with Crippen molar-refractivity contribution in [3.05, 3.63) is 53.7 Å². The molecule has 0 unspecified atom stereocenters. The number of nitrogens with zero attached hydrogens (tertiary/aromatic N) is 2. The zero-order valence-corrected chi connectivity index (χ0v) is 13.8. The minimum Gasteiger partial charge on any atom is -0.497 e. The molecule has 0 saturated heterocycles. The molecule has 3 heteroatoms. The molecular weight excluding hydrogens is 284 g/mol. The molecule has 0 aliphatic rings. The van der Waals surface area contributed by atoms with Crippen LogP contribution in [-0.2, 0) is 12.8 Å². The van der Waals surface area contributed by atoms with Crippen molar-refractivity contribution in [2.45, 2.75) is 26.7 Å². The molecule has 0 spiro atoms. The highest BCUT2D eigenvalue weighted by Crippen LogP contribution is 2.33. The fraction of sp³-hybridized carbons (Fsp3) is 0.250. The zero-order valence-electron chi connectivity index (χ0n) is 13.8. The monoisotopic (exact) mass is 304 g/mol. The molecule has 116 valence electrons. The van der Waals surface area contributed by atoms with Gasteiger partial charge >= 0.3 is 0 Å². The number of fused-ring (bicyclic) bond motifs is 5. The lowest BCUT2D eigenvalue weighted by Gasteiger charge is -2.15. The predicted molar refractivity (Wildman–Crippen MR) is 95.5 cm³/mol. The molecule has 2 aromatic carbocycles. The zero-order chi connectivity index (χ0) is 16.0. The normalized spacial score (nSPS) is 11.6. The summed E-state index contributed by atoms with van der Waals surface area (Å²) >= 11 is 0. The average Bonchev–Trinajstić information content (AvgIpc) is 2.99. The van der Waals surface area contributed by atoms with Crippen molar-refractivity contribution in [3.8, 4) is 5.75 Å². The number of methoxy groups -OCH3 is 1. The lowest BCUT2D eigenvalue weighted by atomic mass is 10.00. The van der Waals surface area contributed by atoms with E-state index < -0.39 is 0 Å². The van der Waals surface area contributed by atoms with E-state index in [1.54, 1.807) is 7.11 Å². The number of pyridine rings is 1. The fourth-order valence-electron chi connectivity index (χ4n) is 3.63. The van der Waals surface area contributed by atoms with E-state index in [0.29, 0.717) is 0 Å². The SMILES string of the molecule is CCc1c(CC)n2c3ccccc3nc2c2ccc(OC)cc12. The van der Waals surface area contributed by atoms with Gasteiger partial charge in [0.2, 0.25) is 0 Å². The number of ether oxygens (including phenoxy) is 1. The number of para-hydroxylation sites is 2. The molecule has 0 fully saturated rings. The summed E-state index contributed by atoms with van der Waals surface area (Å²) in [7, 11) is 1.72. The van der Waals surface area contributed by atoms with E-state index in [-0.39, 0.29) is 0 Å². The number of benzene rings is 2. The van der Waals surface area contributed by atoms with Crippen LogP contribution in [0.3, 0.4) is 0 Å². The molecule has 0 amide bonds. The molecule has 3 nitrogen and oxygen atoms in total. The number of aromatic nitrogens is 2. The van der Waals surface area contributed by atoms with Crippen molar-refractivity contribution in [2.75, 3.05) is 7.11 Å². The highest BCUT2D eigenvalue weighted by molar-refractivity contribution is 6.01. The molecule has 2 aromatic heterocycles. The average molecular weight is 304 g/mol. The Kier molecular flexibility index (Phi) is 3.22. The van der Waals surface area contributed by atoms with Crippen LogP contribution in [0.1, 0.15) is 25.1 Å². The Morgan fingerprint density at radius 2 is 1.83 bits per heavy atom. The Bertz CT molecular complexity index is 1030. The molecule has 4 rings (SSSR count). The van der Waals surface area contributed by atoms with E-state index in [0.717, 1.165) is 29.8 Å². The van der Waals surface area contributed by atoms with Crippen LogP contribution in [0.25, 0.3) is 27.5 Å². The molecule has 0 bridgehead atoms. The third kappa shape index (κ3) is 1.93. The van der Waals surface area contributed by atoms with E-state index in [1.807, 2.05) is 12.1 Å². The quantitative estimate of drug-likeness (QED) is 0.545. The standard InChI is InChI=1S/C20H20N2O/c1-4-14-16-12-13(23-3)10-11-15(16)20-21-17-8-6-7-9-19(17)22(20)18(14)5-2/h6-12H,4-5H2,1-3H3. The Morgan fingerprint density at radius 1 is 1.00 bits per heavy atom. The summed E-state index contributed by atoms with van der Waals surface area (Å²) in [5.74, 6) is 0.898.